The van der Waals surface area contributed by atoms with E-state index in [1.165, 1.54) is 30.0 Å². The second-order valence-electron chi connectivity index (χ2n) is 5.16. The second-order valence-corrected chi connectivity index (χ2v) is 5.56. The molecule has 0 aliphatic rings. The van der Waals surface area contributed by atoms with Gasteiger partial charge < -0.3 is 15.5 Å². The van der Waals surface area contributed by atoms with E-state index in [9.17, 15) is 14.0 Å². The molecule has 5 nitrogen and oxygen atoms in total. The zero-order chi connectivity index (χ0) is 17.7. The van der Waals surface area contributed by atoms with Gasteiger partial charge in [0.2, 0.25) is 11.8 Å². The first kappa shape index (κ1) is 17.7. The maximum absolute atomic E-state index is 13.1. The highest BCUT2D eigenvalue weighted by atomic mass is 35.5. The Morgan fingerprint density at radius 1 is 1.12 bits per heavy atom. The summed E-state index contributed by atoms with van der Waals surface area (Å²) in [5.41, 5.74) is 1.90. The Labute approximate surface area is 144 Å². The molecule has 0 fully saturated rings. The lowest BCUT2D eigenvalue weighted by Gasteiger charge is -2.15. The Hall–Kier alpha value is -2.60. The van der Waals surface area contributed by atoms with Crippen LogP contribution in [0.4, 0.5) is 21.5 Å². The Bertz CT molecular complexity index is 750. The smallest absolute Gasteiger partial charge is 0.243 e. The molecular formula is C17H17ClFN3O2. The number of hydrogen-bond acceptors (Lipinski definition) is 3. The van der Waals surface area contributed by atoms with Crippen molar-refractivity contribution in [2.45, 2.75) is 6.92 Å². The lowest BCUT2D eigenvalue weighted by Crippen LogP contribution is -2.23. The molecule has 2 N–H and O–H groups in total. The van der Waals surface area contributed by atoms with E-state index in [2.05, 4.69) is 10.6 Å². The van der Waals surface area contributed by atoms with E-state index in [-0.39, 0.29) is 23.4 Å². The van der Waals surface area contributed by atoms with E-state index in [0.29, 0.717) is 11.4 Å². The van der Waals surface area contributed by atoms with Crippen molar-refractivity contribution < 1.29 is 14.0 Å². The molecule has 24 heavy (non-hydrogen) atoms. The number of benzene rings is 2. The molecule has 126 valence electrons. The molecule has 0 aliphatic carbocycles. The third-order valence-electron chi connectivity index (χ3n) is 3.38. The fourth-order valence-corrected chi connectivity index (χ4v) is 2.12. The van der Waals surface area contributed by atoms with Gasteiger partial charge >= 0.3 is 0 Å². The van der Waals surface area contributed by atoms with E-state index in [1.54, 1.807) is 31.3 Å². The van der Waals surface area contributed by atoms with Crippen molar-refractivity contribution in [1.82, 2.24) is 0 Å². The van der Waals surface area contributed by atoms with Crippen LogP contribution in [0.1, 0.15) is 6.92 Å². The molecule has 0 spiro atoms. The monoisotopic (exact) mass is 349 g/mol. The van der Waals surface area contributed by atoms with Crippen LogP contribution in [0.15, 0.2) is 42.5 Å². The number of amides is 2. The fraction of sp³-hybridized carbons (Fsp3) is 0.176. The van der Waals surface area contributed by atoms with Crippen LogP contribution in [0.2, 0.25) is 5.02 Å². The van der Waals surface area contributed by atoms with Crippen LogP contribution >= 0.6 is 11.6 Å². The van der Waals surface area contributed by atoms with Crippen LogP contribution in [-0.2, 0) is 9.59 Å². The zero-order valence-electron chi connectivity index (χ0n) is 13.3. The molecule has 2 aromatic carbocycles. The summed E-state index contributed by atoms with van der Waals surface area (Å²) in [6, 6.07) is 11.0. The van der Waals surface area contributed by atoms with E-state index in [4.69, 9.17) is 11.6 Å². The normalized spacial score (nSPS) is 10.2. The van der Waals surface area contributed by atoms with E-state index in [1.807, 2.05) is 0 Å². The van der Waals surface area contributed by atoms with Gasteiger partial charge in [-0.2, -0.15) is 0 Å². The number of nitrogens with one attached hydrogen (secondary N) is 2. The van der Waals surface area contributed by atoms with E-state index >= 15 is 0 Å². The molecule has 0 bridgehead atoms. The van der Waals surface area contributed by atoms with Gasteiger partial charge in [-0.3, -0.25) is 9.59 Å². The Morgan fingerprint density at radius 3 is 2.33 bits per heavy atom. The third-order valence-corrected chi connectivity index (χ3v) is 3.67. The molecule has 0 radical (unpaired) electrons. The number of carbonyl (C=O) groups excluding carboxylic acids is 2. The molecule has 0 atom stereocenters. The number of halogens is 2. The average molecular weight is 350 g/mol. The van der Waals surface area contributed by atoms with Gasteiger partial charge in [0.15, 0.2) is 0 Å². The molecular weight excluding hydrogens is 333 g/mol. The minimum Gasteiger partial charge on any atom is -0.376 e. The summed E-state index contributed by atoms with van der Waals surface area (Å²) in [6.07, 6.45) is 0. The molecule has 0 aromatic heterocycles. The summed E-state index contributed by atoms with van der Waals surface area (Å²) >= 11 is 5.68. The van der Waals surface area contributed by atoms with E-state index in [0.717, 1.165) is 5.69 Å². The highest BCUT2D eigenvalue weighted by Crippen LogP contribution is 2.19. The molecule has 7 heteroatoms. The van der Waals surface area contributed by atoms with Crippen LogP contribution in [0, 0.1) is 5.82 Å². The van der Waals surface area contributed by atoms with Crippen LogP contribution in [0.3, 0.4) is 0 Å². The maximum Gasteiger partial charge on any atom is 0.243 e. The summed E-state index contributed by atoms with van der Waals surface area (Å²) in [5, 5.41) is 5.57. The number of anilines is 3. The van der Waals surface area contributed by atoms with Crippen molar-refractivity contribution in [3.05, 3.63) is 53.3 Å². The molecule has 2 amide bonds. The van der Waals surface area contributed by atoms with Crippen LogP contribution < -0.4 is 15.5 Å². The van der Waals surface area contributed by atoms with Gasteiger partial charge in [0.1, 0.15) is 5.82 Å². The molecule has 0 saturated carbocycles. The van der Waals surface area contributed by atoms with Gasteiger partial charge in [-0.25, -0.2) is 4.39 Å². The van der Waals surface area contributed by atoms with Crippen molar-refractivity contribution in [2.75, 3.05) is 29.1 Å². The van der Waals surface area contributed by atoms with Crippen molar-refractivity contribution in [3.8, 4) is 0 Å². The van der Waals surface area contributed by atoms with Crippen molar-refractivity contribution >= 4 is 40.5 Å². The number of hydrogen-bond donors (Lipinski definition) is 2. The highest BCUT2D eigenvalue weighted by molar-refractivity contribution is 6.31. The number of nitrogens with zero attached hydrogens (tertiary/aromatic N) is 1. The van der Waals surface area contributed by atoms with Crippen molar-refractivity contribution in [1.29, 1.82) is 0 Å². The van der Waals surface area contributed by atoms with Crippen molar-refractivity contribution in [3.63, 3.8) is 0 Å². The summed E-state index contributed by atoms with van der Waals surface area (Å²) < 4.78 is 13.1. The molecule has 2 aromatic rings. The Kier molecular flexibility index (Phi) is 5.76. The van der Waals surface area contributed by atoms with Crippen LogP contribution in [0.25, 0.3) is 0 Å². The zero-order valence-corrected chi connectivity index (χ0v) is 14.0. The largest absolute Gasteiger partial charge is 0.376 e. The molecule has 0 heterocycles. The summed E-state index contributed by atoms with van der Waals surface area (Å²) in [5.74, 6) is -0.848. The van der Waals surface area contributed by atoms with Gasteiger partial charge in [0, 0.05) is 31.0 Å². The minimum atomic E-state index is -0.512. The summed E-state index contributed by atoms with van der Waals surface area (Å²) in [6.45, 7) is 1.49. The number of carbonyl (C=O) groups is 2. The van der Waals surface area contributed by atoms with Crippen LogP contribution in [0.5, 0.6) is 0 Å². The molecule has 0 unspecified atom stereocenters. The number of rotatable bonds is 5. The van der Waals surface area contributed by atoms with Crippen molar-refractivity contribution in [2.24, 2.45) is 0 Å². The third kappa shape index (κ3) is 4.70. The summed E-state index contributed by atoms with van der Waals surface area (Å²) in [7, 11) is 1.67. The highest BCUT2D eigenvalue weighted by Gasteiger charge is 2.07. The topological polar surface area (TPSA) is 61.4 Å². The van der Waals surface area contributed by atoms with Gasteiger partial charge in [0.05, 0.1) is 11.6 Å². The van der Waals surface area contributed by atoms with Gasteiger partial charge in [-0.1, -0.05) is 11.6 Å². The first-order valence-corrected chi connectivity index (χ1v) is 7.58. The SMILES string of the molecule is CC(=O)N(C)c1ccc(NC(=O)CNc2ccc(F)c(Cl)c2)cc1. The second kappa shape index (κ2) is 7.79. The van der Waals surface area contributed by atoms with Crippen LogP contribution in [-0.4, -0.2) is 25.4 Å². The van der Waals surface area contributed by atoms with E-state index < -0.39 is 5.82 Å². The van der Waals surface area contributed by atoms with Gasteiger partial charge in [0.25, 0.3) is 0 Å². The standard InChI is InChI=1S/C17H17ClFN3O2/c1-11(23)22(2)14-6-3-12(4-7-14)21-17(24)10-20-13-5-8-16(19)15(18)9-13/h3-9,20H,10H2,1-2H3,(H,21,24). The molecule has 0 aliphatic heterocycles. The first-order valence-electron chi connectivity index (χ1n) is 7.20. The lowest BCUT2D eigenvalue weighted by atomic mass is 10.2. The van der Waals surface area contributed by atoms with Gasteiger partial charge in [-0.05, 0) is 42.5 Å². The van der Waals surface area contributed by atoms with Gasteiger partial charge in [-0.15, -0.1) is 0 Å². The summed E-state index contributed by atoms with van der Waals surface area (Å²) in [4.78, 5) is 24.7. The minimum absolute atomic E-state index is 0.00871. The predicted octanol–water partition coefficient (Wildman–Crippen LogP) is 3.51. The maximum atomic E-state index is 13.1. The fourth-order valence-electron chi connectivity index (χ4n) is 1.94. The molecule has 0 saturated heterocycles. The molecule has 2 rings (SSSR count). The Balaban J connectivity index is 1.90. The first-order chi connectivity index (χ1) is 11.4. The Morgan fingerprint density at radius 2 is 1.75 bits per heavy atom. The lowest BCUT2D eigenvalue weighted by molar-refractivity contribution is -0.116. The quantitative estimate of drug-likeness (QED) is 0.868. The average Bonchev–Trinajstić information content (AvgIpc) is 2.56. The predicted molar refractivity (Wildman–Crippen MR) is 94.1 cm³/mol.